The molecule has 0 amide bonds. The van der Waals surface area contributed by atoms with Gasteiger partial charge in [0.15, 0.2) is 0 Å². The largest absolute Gasteiger partial charge is 0.383 e. The molecule has 1 N–H and O–H groups in total. The molecule has 1 rings (SSSR count). The van der Waals surface area contributed by atoms with E-state index in [9.17, 15) is 0 Å². The van der Waals surface area contributed by atoms with E-state index in [2.05, 4.69) is 17.1 Å². The van der Waals surface area contributed by atoms with Gasteiger partial charge in [0.05, 0.1) is 6.61 Å². The Kier molecular flexibility index (Phi) is 6.22. The van der Waals surface area contributed by atoms with Gasteiger partial charge in [-0.1, -0.05) is 12.8 Å². The number of hydrogen-bond acceptors (Lipinski definition) is 3. The van der Waals surface area contributed by atoms with Gasteiger partial charge in [0.2, 0.25) is 0 Å². The molecule has 0 radical (unpaired) electrons. The van der Waals surface area contributed by atoms with Crippen LogP contribution >= 0.6 is 0 Å². The Morgan fingerprint density at radius 2 is 2.20 bits per heavy atom. The normalized spacial score (nSPS) is 26.2. The molecule has 15 heavy (non-hydrogen) atoms. The second-order valence-electron chi connectivity index (χ2n) is 4.60. The monoisotopic (exact) mass is 214 g/mol. The van der Waals surface area contributed by atoms with Crippen LogP contribution in [0.5, 0.6) is 0 Å². The van der Waals surface area contributed by atoms with Crippen LogP contribution in [0.1, 0.15) is 32.6 Å². The summed E-state index contributed by atoms with van der Waals surface area (Å²) < 4.78 is 5.32. The maximum atomic E-state index is 5.32. The molecule has 0 aromatic rings. The number of ether oxygens (including phenoxy) is 1. The molecule has 1 saturated heterocycles. The zero-order valence-corrected chi connectivity index (χ0v) is 10.5. The molecule has 90 valence electrons. The van der Waals surface area contributed by atoms with Crippen LogP contribution in [0.4, 0.5) is 0 Å². The number of likely N-dealkylation sites (tertiary alicyclic amines) is 1. The lowest BCUT2D eigenvalue weighted by atomic mass is 10.1. The van der Waals surface area contributed by atoms with Gasteiger partial charge in [0, 0.05) is 25.7 Å². The molecule has 1 aliphatic rings. The van der Waals surface area contributed by atoms with Gasteiger partial charge in [-0.05, 0) is 33.4 Å². The molecular formula is C12H26N2O. The van der Waals surface area contributed by atoms with E-state index in [0.29, 0.717) is 12.1 Å². The summed E-state index contributed by atoms with van der Waals surface area (Å²) in [5.74, 6) is 0. The molecule has 1 fully saturated rings. The zero-order valence-electron chi connectivity index (χ0n) is 10.5. The van der Waals surface area contributed by atoms with Crippen molar-refractivity contribution in [2.24, 2.45) is 0 Å². The Labute approximate surface area is 94.2 Å². The molecule has 3 heteroatoms. The van der Waals surface area contributed by atoms with E-state index in [1.165, 1.54) is 32.2 Å². The topological polar surface area (TPSA) is 24.5 Å². The van der Waals surface area contributed by atoms with Gasteiger partial charge in [0.25, 0.3) is 0 Å². The highest BCUT2D eigenvalue weighted by molar-refractivity contribution is 4.80. The third-order valence-corrected chi connectivity index (χ3v) is 3.37. The number of methoxy groups -OCH3 is 1. The molecule has 0 bridgehead atoms. The SMILES string of the molecule is CNCC(COC)N1CCCCCC1C. The molecule has 0 aliphatic carbocycles. The molecule has 2 atom stereocenters. The van der Waals surface area contributed by atoms with Gasteiger partial charge in [-0.2, -0.15) is 0 Å². The predicted molar refractivity (Wildman–Crippen MR) is 64.2 cm³/mol. The number of nitrogens with zero attached hydrogens (tertiary/aromatic N) is 1. The summed E-state index contributed by atoms with van der Waals surface area (Å²) in [6.07, 6.45) is 5.45. The van der Waals surface area contributed by atoms with Gasteiger partial charge in [-0.3, -0.25) is 4.90 Å². The number of hydrogen-bond donors (Lipinski definition) is 1. The van der Waals surface area contributed by atoms with E-state index in [0.717, 1.165) is 13.2 Å². The highest BCUT2D eigenvalue weighted by atomic mass is 16.5. The average Bonchev–Trinajstić information content (AvgIpc) is 2.43. The molecule has 0 spiro atoms. The molecule has 1 aliphatic heterocycles. The molecule has 1 heterocycles. The number of nitrogens with one attached hydrogen (secondary N) is 1. The standard InChI is InChI=1S/C12H26N2O/c1-11-7-5-4-6-8-14(11)12(9-13-2)10-15-3/h11-13H,4-10H2,1-3H3. The summed E-state index contributed by atoms with van der Waals surface area (Å²) >= 11 is 0. The lowest BCUT2D eigenvalue weighted by Gasteiger charge is -2.34. The lowest BCUT2D eigenvalue weighted by Crippen LogP contribution is -2.48. The highest BCUT2D eigenvalue weighted by Gasteiger charge is 2.24. The van der Waals surface area contributed by atoms with Crippen molar-refractivity contribution in [3.05, 3.63) is 0 Å². The second-order valence-corrected chi connectivity index (χ2v) is 4.60. The summed E-state index contributed by atoms with van der Waals surface area (Å²) in [6.45, 7) is 5.45. The van der Waals surface area contributed by atoms with Gasteiger partial charge in [0.1, 0.15) is 0 Å². The lowest BCUT2D eigenvalue weighted by molar-refractivity contribution is 0.0676. The van der Waals surface area contributed by atoms with E-state index in [1.807, 2.05) is 7.05 Å². The fourth-order valence-electron chi connectivity index (χ4n) is 2.54. The van der Waals surface area contributed by atoms with Crippen molar-refractivity contribution < 1.29 is 4.74 Å². The van der Waals surface area contributed by atoms with Crippen molar-refractivity contribution in [3.8, 4) is 0 Å². The van der Waals surface area contributed by atoms with Crippen molar-refractivity contribution in [1.29, 1.82) is 0 Å². The summed E-state index contributed by atoms with van der Waals surface area (Å²) in [6, 6.07) is 1.24. The molecule has 0 aromatic carbocycles. The van der Waals surface area contributed by atoms with Crippen molar-refractivity contribution in [2.75, 3.05) is 33.9 Å². The Bertz CT molecular complexity index is 158. The fraction of sp³-hybridized carbons (Fsp3) is 1.00. The van der Waals surface area contributed by atoms with Crippen LogP contribution in [0.3, 0.4) is 0 Å². The summed E-state index contributed by atoms with van der Waals surface area (Å²) in [5, 5.41) is 3.27. The van der Waals surface area contributed by atoms with Crippen molar-refractivity contribution in [1.82, 2.24) is 10.2 Å². The average molecular weight is 214 g/mol. The molecule has 3 nitrogen and oxygen atoms in total. The van der Waals surface area contributed by atoms with Crippen LogP contribution in [0.2, 0.25) is 0 Å². The van der Waals surface area contributed by atoms with Crippen LogP contribution in [-0.2, 0) is 4.74 Å². The number of likely N-dealkylation sites (N-methyl/N-ethyl adjacent to an activating group) is 1. The summed E-state index contributed by atoms with van der Waals surface area (Å²) in [4.78, 5) is 2.62. The minimum Gasteiger partial charge on any atom is -0.383 e. The molecule has 0 saturated carbocycles. The second kappa shape index (κ2) is 7.20. The first-order chi connectivity index (χ1) is 7.29. The van der Waals surface area contributed by atoms with Crippen molar-refractivity contribution in [3.63, 3.8) is 0 Å². The van der Waals surface area contributed by atoms with Gasteiger partial charge in [-0.25, -0.2) is 0 Å². The summed E-state index contributed by atoms with van der Waals surface area (Å²) in [7, 11) is 3.82. The Balaban J connectivity index is 2.52. The van der Waals surface area contributed by atoms with Crippen LogP contribution in [0.25, 0.3) is 0 Å². The Morgan fingerprint density at radius 3 is 2.87 bits per heavy atom. The maximum absolute atomic E-state index is 5.32. The third kappa shape index (κ3) is 4.09. The first-order valence-corrected chi connectivity index (χ1v) is 6.19. The molecule has 2 unspecified atom stereocenters. The van der Waals surface area contributed by atoms with Crippen molar-refractivity contribution in [2.45, 2.75) is 44.7 Å². The van der Waals surface area contributed by atoms with E-state index < -0.39 is 0 Å². The molecular weight excluding hydrogens is 188 g/mol. The van der Waals surface area contributed by atoms with Crippen molar-refractivity contribution >= 4 is 0 Å². The zero-order chi connectivity index (χ0) is 11.1. The Hall–Kier alpha value is -0.120. The Morgan fingerprint density at radius 1 is 1.40 bits per heavy atom. The van der Waals surface area contributed by atoms with Crippen LogP contribution in [0.15, 0.2) is 0 Å². The van der Waals surface area contributed by atoms with E-state index in [-0.39, 0.29) is 0 Å². The van der Waals surface area contributed by atoms with E-state index >= 15 is 0 Å². The van der Waals surface area contributed by atoms with Gasteiger partial charge in [-0.15, -0.1) is 0 Å². The highest BCUT2D eigenvalue weighted by Crippen LogP contribution is 2.18. The smallest absolute Gasteiger partial charge is 0.0630 e. The maximum Gasteiger partial charge on any atom is 0.0630 e. The quantitative estimate of drug-likeness (QED) is 0.750. The van der Waals surface area contributed by atoms with E-state index in [1.54, 1.807) is 7.11 Å². The third-order valence-electron chi connectivity index (χ3n) is 3.37. The first-order valence-electron chi connectivity index (χ1n) is 6.19. The van der Waals surface area contributed by atoms with Crippen LogP contribution < -0.4 is 5.32 Å². The minimum absolute atomic E-state index is 0.535. The predicted octanol–water partition coefficient (Wildman–Crippen LogP) is 1.49. The van der Waals surface area contributed by atoms with Crippen LogP contribution in [-0.4, -0.2) is 50.8 Å². The van der Waals surface area contributed by atoms with Gasteiger partial charge < -0.3 is 10.1 Å². The first kappa shape index (κ1) is 12.9. The fourth-order valence-corrected chi connectivity index (χ4v) is 2.54. The van der Waals surface area contributed by atoms with Gasteiger partial charge >= 0.3 is 0 Å². The van der Waals surface area contributed by atoms with E-state index in [4.69, 9.17) is 4.74 Å². The summed E-state index contributed by atoms with van der Waals surface area (Å²) in [5.41, 5.74) is 0. The molecule has 0 aromatic heterocycles. The minimum atomic E-state index is 0.535. The number of rotatable bonds is 5. The van der Waals surface area contributed by atoms with Crippen LogP contribution in [0, 0.1) is 0 Å².